The Hall–Kier alpha value is -2.07. The minimum absolute atomic E-state index is 0.0706. The predicted molar refractivity (Wildman–Crippen MR) is 88.8 cm³/mol. The van der Waals surface area contributed by atoms with Gasteiger partial charge in [-0.25, -0.2) is 14.8 Å². The van der Waals surface area contributed by atoms with Crippen LogP contribution in [0.25, 0.3) is 0 Å². The fourth-order valence-electron chi connectivity index (χ4n) is 3.23. The van der Waals surface area contributed by atoms with Crippen molar-refractivity contribution in [2.24, 2.45) is 5.41 Å². The molecule has 2 saturated heterocycles. The second-order valence-corrected chi connectivity index (χ2v) is 7.84. The SMILES string of the molecule is CC(C)(C)OC(=O)N1CC2(CCN(c3cc(C#N)nc(Cl)n3)C2)C1. The zero-order valence-corrected chi connectivity index (χ0v) is 14.8. The lowest BCUT2D eigenvalue weighted by Crippen LogP contribution is -2.60. The lowest BCUT2D eigenvalue weighted by molar-refractivity contribution is -0.0266. The van der Waals surface area contributed by atoms with Crippen molar-refractivity contribution in [3.63, 3.8) is 0 Å². The molecular weight excluding hydrogens is 330 g/mol. The van der Waals surface area contributed by atoms with Crippen molar-refractivity contribution in [3.8, 4) is 6.07 Å². The van der Waals surface area contributed by atoms with Gasteiger partial charge in [-0.2, -0.15) is 5.26 Å². The minimum atomic E-state index is -0.479. The van der Waals surface area contributed by atoms with Gasteiger partial charge < -0.3 is 14.5 Å². The van der Waals surface area contributed by atoms with Gasteiger partial charge in [0.2, 0.25) is 5.28 Å². The van der Waals surface area contributed by atoms with Crippen molar-refractivity contribution in [1.82, 2.24) is 14.9 Å². The van der Waals surface area contributed by atoms with E-state index in [4.69, 9.17) is 21.6 Å². The van der Waals surface area contributed by atoms with Crippen LogP contribution in [-0.4, -0.2) is 52.7 Å². The van der Waals surface area contributed by atoms with E-state index in [1.165, 1.54) is 0 Å². The van der Waals surface area contributed by atoms with E-state index in [1.807, 2.05) is 26.8 Å². The average molecular weight is 350 g/mol. The van der Waals surface area contributed by atoms with E-state index in [0.717, 1.165) is 19.5 Å². The highest BCUT2D eigenvalue weighted by Crippen LogP contribution is 2.41. The van der Waals surface area contributed by atoms with Crippen molar-refractivity contribution < 1.29 is 9.53 Å². The summed E-state index contributed by atoms with van der Waals surface area (Å²) in [6, 6.07) is 3.64. The number of nitrogens with zero attached hydrogens (tertiary/aromatic N) is 5. The molecule has 0 aliphatic carbocycles. The lowest BCUT2D eigenvalue weighted by atomic mass is 9.79. The van der Waals surface area contributed by atoms with E-state index in [0.29, 0.717) is 18.9 Å². The highest BCUT2D eigenvalue weighted by molar-refractivity contribution is 6.28. The topological polar surface area (TPSA) is 82.4 Å². The molecule has 0 unspecified atom stereocenters. The average Bonchev–Trinajstić information content (AvgIpc) is 2.88. The molecule has 24 heavy (non-hydrogen) atoms. The van der Waals surface area contributed by atoms with Gasteiger partial charge in [0.05, 0.1) is 0 Å². The van der Waals surface area contributed by atoms with Crippen LogP contribution >= 0.6 is 11.6 Å². The minimum Gasteiger partial charge on any atom is -0.444 e. The Bertz CT molecular complexity index is 703. The van der Waals surface area contributed by atoms with Crippen LogP contribution in [0.4, 0.5) is 10.6 Å². The molecule has 0 aromatic carbocycles. The van der Waals surface area contributed by atoms with Crippen molar-refractivity contribution >= 4 is 23.5 Å². The van der Waals surface area contributed by atoms with Crippen LogP contribution in [-0.2, 0) is 4.74 Å². The van der Waals surface area contributed by atoms with Gasteiger partial charge in [-0.05, 0) is 38.8 Å². The molecule has 1 aromatic rings. The molecule has 8 heteroatoms. The molecule has 0 radical (unpaired) electrons. The quantitative estimate of drug-likeness (QED) is 0.724. The number of aromatic nitrogens is 2. The van der Waals surface area contributed by atoms with Crippen LogP contribution in [0.15, 0.2) is 6.07 Å². The molecule has 1 spiro atoms. The number of carbonyl (C=O) groups is 1. The van der Waals surface area contributed by atoms with Crippen LogP contribution in [0.1, 0.15) is 32.9 Å². The number of anilines is 1. The van der Waals surface area contributed by atoms with E-state index in [2.05, 4.69) is 14.9 Å². The van der Waals surface area contributed by atoms with E-state index < -0.39 is 5.60 Å². The number of halogens is 1. The number of amides is 1. The first kappa shape index (κ1) is 16.8. The third kappa shape index (κ3) is 3.39. The molecule has 0 atom stereocenters. The number of ether oxygens (including phenoxy) is 1. The summed E-state index contributed by atoms with van der Waals surface area (Å²) in [6.07, 6.45) is 0.707. The van der Waals surface area contributed by atoms with Gasteiger partial charge in [0.15, 0.2) is 0 Å². The summed E-state index contributed by atoms with van der Waals surface area (Å²) in [7, 11) is 0. The number of hydrogen-bond donors (Lipinski definition) is 0. The summed E-state index contributed by atoms with van der Waals surface area (Å²) in [5, 5.41) is 9.08. The Balaban J connectivity index is 1.62. The van der Waals surface area contributed by atoms with Crippen LogP contribution in [0, 0.1) is 16.7 Å². The van der Waals surface area contributed by atoms with Crippen molar-refractivity contribution in [1.29, 1.82) is 5.26 Å². The Kier molecular flexibility index (Phi) is 4.04. The maximum absolute atomic E-state index is 12.1. The summed E-state index contributed by atoms with van der Waals surface area (Å²) in [5.74, 6) is 0.666. The van der Waals surface area contributed by atoms with Crippen LogP contribution in [0.5, 0.6) is 0 Å². The summed E-state index contributed by atoms with van der Waals surface area (Å²) < 4.78 is 5.40. The van der Waals surface area contributed by atoms with Gasteiger partial charge in [-0.1, -0.05) is 0 Å². The first-order valence-corrected chi connectivity index (χ1v) is 8.25. The van der Waals surface area contributed by atoms with E-state index >= 15 is 0 Å². The summed E-state index contributed by atoms with van der Waals surface area (Å²) >= 11 is 5.88. The van der Waals surface area contributed by atoms with Crippen molar-refractivity contribution in [2.75, 3.05) is 31.1 Å². The van der Waals surface area contributed by atoms with Crippen LogP contribution < -0.4 is 4.90 Å². The standard InChI is InChI=1S/C16H20ClN5O2/c1-15(2,3)24-14(23)22-9-16(10-22)4-5-21(8-16)12-6-11(7-18)19-13(17)20-12/h6H,4-5,8-10H2,1-3H3. The van der Waals surface area contributed by atoms with Gasteiger partial charge in [0.25, 0.3) is 0 Å². The molecule has 3 heterocycles. The maximum atomic E-state index is 12.1. The lowest BCUT2D eigenvalue weighted by Gasteiger charge is -2.47. The van der Waals surface area contributed by atoms with Gasteiger partial charge in [0.1, 0.15) is 23.2 Å². The number of carbonyl (C=O) groups excluding carboxylic acids is 1. The first-order valence-electron chi connectivity index (χ1n) is 7.87. The fourth-order valence-corrected chi connectivity index (χ4v) is 3.41. The molecule has 2 aliphatic rings. The zero-order valence-electron chi connectivity index (χ0n) is 14.0. The number of likely N-dealkylation sites (tertiary alicyclic amines) is 1. The first-order chi connectivity index (χ1) is 11.2. The van der Waals surface area contributed by atoms with Crippen molar-refractivity contribution in [3.05, 3.63) is 17.0 Å². The second kappa shape index (κ2) is 5.78. The Morgan fingerprint density at radius 3 is 2.71 bits per heavy atom. The molecule has 0 saturated carbocycles. The fraction of sp³-hybridized carbons (Fsp3) is 0.625. The van der Waals surface area contributed by atoms with Gasteiger partial charge in [-0.15, -0.1) is 0 Å². The third-order valence-corrected chi connectivity index (χ3v) is 4.44. The molecule has 2 aliphatic heterocycles. The largest absolute Gasteiger partial charge is 0.444 e. The molecular formula is C16H20ClN5O2. The van der Waals surface area contributed by atoms with E-state index in [1.54, 1.807) is 11.0 Å². The van der Waals surface area contributed by atoms with Gasteiger partial charge in [0, 0.05) is 37.7 Å². The molecule has 128 valence electrons. The second-order valence-electron chi connectivity index (χ2n) is 7.50. The molecule has 1 amide bonds. The number of rotatable bonds is 1. The highest BCUT2D eigenvalue weighted by atomic mass is 35.5. The Morgan fingerprint density at radius 2 is 2.08 bits per heavy atom. The van der Waals surface area contributed by atoms with Crippen LogP contribution in [0.2, 0.25) is 5.28 Å². The summed E-state index contributed by atoms with van der Waals surface area (Å²) in [5.41, 5.74) is -0.149. The van der Waals surface area contributed by atoms with E-state index in [-0.39, 0.29) is 22.5 Å². The molecule has 0 N–H and O–H groups in total. The van der Waals surface area contributed by atoms with Crippen LogP contribution in [0.3, 0.4) is 0 Å². The van der Waals surface area contributed by atoms with E-state index in [9.17, 15) is 4.79 Å². The number of nitriles is 1. The Morgan fingerprint density at radius 1 is 1.38 bits per heavy atom. The third-order valence-electron chi connectivity index (χ3n) is 4.27. The van der Waals surface area contributed by atoms with Gasteiger partial charge in [-0.3, -0.25) is 0 Å². The molecule has 3 rings (SSSR count). The highest BCUT2D eigenvalue weighted by Gasteiger charge is 2.50. The van der Waals surface area contributed by atoms with Gasteiger partial charge >= 0.3 is 6.09 Å². The zero-order chi connectivity index (χ0) is 17.5. The maximum Gasteiger partial charge on any atom is 0.410 e. The predicted octanol–water partition coefficient (Wildman–Crippen LogP) is 2.45. The monoisotopic (exact) mass is 349 g/mol. The smallest absolute Gasteiger partial charge is 0.410 e. The summed E-state index contributed by atoms with van der Waals surface area (Å²) in [6.45, 7) is 8.56. The normalized spacial score (nSPS) is 19.1. The van der Waals surface area contributed by atoms with Crippen molar-refractivity contribution in [2.45, 2.75) is 32.8 Å². The molecule has 7 nitrogen and oxygen atoms in total. The number of hydrogen-bond acceptors (Lipinski definition) is 6. The Labute approximate surface area is 146 Å². The summed E-state index contributed by atoms with van der Waals surface area (Å²) in [4.78, 5) is 24.0. The molecule has 1 aromatic heterocycles. The molecule has 0 bridgehead atoms. The molecule has 2 fully saturated rings.